The summed E-state index contributed by atoms with van der Waals surface area (Å²) in [6, 6.07) is 0.427. The second kappa shape index (κ2) is 6.73. The van der Waals surface area contributed by atoms with Gasteiger partial charge in [-0.15, -0.1) is 0 Å². The molecule has 0 bridgehead atoms. The predicted octanol–water partition coefficient (Wildman–Crippen LogP) is 3.54. The van der Waals surface area contributed by atoms with Gasteiger partial charge in [0, 0.05) is 0 Å². The van der Waals surface area contributed by atoms with Crippen LogP contribution >= 0.6 is 0 Å². The van der Waals surface area contributed by atoms with Crippen LogP contribution in [0, 0.1) is 28.9 Å². The van der Waals surface area contributed by atoms with Crippen molar-refractivity contribution in [3.63, 3.8) is 0 Å². The number of nitriles is 1. The summed E-state index contributed by atoms with van der Waals surface area (Å²) in [7, 11) is 0. The Balaban J connectivity index is 3.14. The van der Waals surface area contributed by atoms with E-state index in [-0.39, 0.29) is 12.0 Å². The molecular weight excluding hydrogens is 307 g/mol. The van der Waals surface area contributed by atoms with Crippen LogP contribution in [0.1, 0.15) is 36.2 Å². The highest BCUT2D eigenvalue weighted by atomic mass is 19.4. The molecule has 1 rings (SSSR count). The number of alkyl halides is 3. The molecule has 0 heterocycles. The van der Waals surface area contributed by atoms with E-state index in [2.05, 4.69) is 0 Å². The zero-order valence-electron chi connectivity index (χ0n) is 11.8. The molecule has 0 fully saturated rings. The van der Waals surface area contributed by atoms with Crippen LogP contribution in [0.25, 0.3) is 0 Å². The lowest BCUT2D eigenvalue weighted by Gasteiger charge is -2.26. The van der Waals surface area contributed by atoms with Crippen LogP contribution in [-0.2, 0) is 0 Å². The van der Waals surface area contributed by atoms with E-state index in [4.69, 9.17) is 5.26 Å². The molecule has 1 aromatic rings. The molecule has 1 N–H and O–H groups in total. The molecule has 0 spiro atoms. The van der Waals surface area contributed by atoms with Gasteiger partial charge in [-0.05, 0) is 18.1 Å². The highest BCUT2D eigenvalue weighted by Crippen LogP contribution is 2.28. The van der Waals surface area contributed by atoms with Crippen molar-refractivity contribution in [2.24, 2.45) is 5.92 Å². The maximum atomic E-state index is 13.6. The van der Waals surface area contributed by atoms with Crippen LogP contribution in [0.2, 0.25) is 0 Å². The van der Waals surface area contributed by atoms with Gasteiger partial charge in [0.1, 0.15) is 23.2 Å². The lowest BCUT2D eigenvalue weighted by atomic mass is 9.98. The van der Waals surface area contributed by atoms with E-state index in [1.54, 1.807) is 5.32 Å². The minimum absolute atomic E-state index is 0.114. The third-order valence-corrected chi connectivity index (χ3v) is 3.25. The molecule has 0 aliphatic rings. The molecule has 0 aromatic heterocycles. The molecule has 1 amide bonds. The van der Waals surface area contributed by atoms with Crippen molar-refractivity contribution in [1.82, 2.24) is 5.32 Å². The fraction of sp³-hybridized carbons (Fsp3) is 0.429. The molecule has 0 aliphatic heterocycles. The van der Waals surface area contributed by atoms with Gasteiger partial charge >= 0.3 is 6.18 Å². The van der Waals surface area contributed by atoms with Crippen molar-refractivity contribution in [2.75, 3.05) is 0 Å². The highest BCUT2D eigenvalue weighted by molar-refractivity contribution is 5.95. The SMILES string of the molecule is CC[C@H](C)[C@H](NC(=O)c1c(F)cc(C#N)cc1F)C(F)(F)F. The monoisotopic (exact) mass is 320 g/mol. The molecule has 120 valence electrons. The van der Waals surface area contributed by atoms with Gasteiger partial charge in [0.05, 0.1) is 11.6 Å². The van der Waals surface area contributed by atoms with Gasteiger partial charge < -0.3 is 5.32 Å². The Morgan fingerprint density at radius 1 is 1.32 bits per heavy atom. The third kappa shape index (κ3) is 3.93. The number of amides is 1. The van der Waals surface area contributed by atoms with Gasteiger partial charge in [-0.3, -0.25) is 4.79 Å². The van der Waals surface area contributed by atoms with E-state index < -0.39 is 41.2 Å². The lowest BCUT2D eigenvalue weighted by molar-refractivity contribution is -0.164. The molecule has 3 nitrogen and oxygen atoms in total. The molecule has 0 unspecified atom stereocenters. The van der Waals surface area contributed by atoms with Gasteiger partial charge in [0.25, 0.3) is 5.91 Å². The van der Waals surface area contributed by atoms with Gasteiger partial charge in [0.15, 0.2) is 0 Å². The Labute approximate surface area is 123 Å². The number of nitrogens with zero attached hydrogens (tertiary/aromatic N) is 1. The minimum Gasteiger partial charge on any atom is -0.340 e. The summed E-state index contributed by atoms with van der Waals surface area (Å²) >= 11 is 0. The van der Waals surface area contributed by atoms with Gasteiger partial charge in [0.2, 0.25) is 0 Å². The second-order valence-corrected chi connectivity index (χ2v) is 4.80. The summed E-state index contributed by atoms with van der Waals surface area (Å²) in [5.74, 6) is -5.26. The van der Waals surface area contributed by atoms with E-state index in [9.17, 15) is 26.7 Å². The number of carbonyl (C=O) groups excluding carboxylic acids is 1. The minimum atomic E-state index is -4.75. The van der Waals surface area contributed by atoms with Crippen LogP contribution in [-0.4, -0.2) is 18.1 Å². The van der Waals surface area contributed by atoms with Crippen molar-refractivity contribution in [2.45, 2.75) is 32.5 Å². The molecule has 1 aromatic carbocycles. The first-order chi connectivity index (χ1) is 10.1. The number of nitrogens with one attached hydrogen (secondary N) is 1. The molecule has 0 aliphatic carbocycles. The van der Waals surface area contributed by atoms with E-state index in [1.165, 1.54) is 19.9 Å². The van der Waals surface area contributed by atoms with Crippen molar-refractivity contribution in [3.8, 4) is 6.07 Å². The Hall–Kier alpha value is -2.17. The van der Waals surface area contributed by atoms with E-state index in [0.29, 0.717) is 12.1 Å². The highest BCUT2D eigenvalue weighted by Gasteiger charge is 2.44. The maximum Gasteiger partial charge on any atom is 0.408 e. The molecule has 0 saturated heterocycles. The Morgan fingerprint density at radius 2 is 1.82 bits per heavy atom. The number of carbonyl (C=O) groups is 1. The van der Waals surface area contributed by atoms with E-state index >= 15 is 0 Å². The molecule has 22 heavy (non-hydrogen) atoms. The number of hydrogen-bond donors (Lipinski definition) is 1. The summed E-state index contributed by atoms with van der Waals surface area (Å²) in [6.07, 6.45) is -4.63. The van der Waals surface area contributed by atoms with Crippen LogP contribution < -0.4 is 5.32 Å². The third-order valence-electron chi connectivity index (χ3n) is 3.25. The van der Waals surface area contributed by atoms with Crippen molar-refractivity contribution < 1.29 is 26.7 Å². The largest absolute Gasteiger partial charge is 0.408 e. The van der Waals surface area contributed by atoms with Crippen LogP contribution in [0.4, 0.5) is 22.0 Å². The Kier molecular flexibility index (Phi) is 5.47. The predicted molar refractivity (Wildman–Crippen MR) is 67.8 cm³/mol. The summed E-state index contributed by atoms with van der Waals surface area (Å²) in [5.41, 5.74) is -1.52. The second-order valence-electron chi connectivity index (χ2n) is 4.80. The lowest BCUT2D eigenvalue weighted by Crippen LogP contribution is -2.49. The molecule has 2 atom stereocenters. The quantitative estimate of drug-likeness (QED) is 0.863. The van der Waals surface area contributed by atoms with Crippen LogP contribution in [0.5, 0.6) is 0 Å². The van der Waals surface area contributed by atoms with E-state index in [1.807, 2.05) is 0 Å². The van der Waals surface area contributed by atoms with Crippen LogP contribution in [0.15, 0.2) is 12.1 Å². The number of hydrogen-bond acceptors (Lipinski definition) is 2. The first-order valence-corrected chi connectivity index (χ1v) is 6.38. The summed E-state index contributed by atoms with van der Waals surface area (Å²) in [4.78, 5) is 11.8. The Morgan fingerprint density at radius 3 is 2.18 bits per heavy atom. The van der Waals surface area contributed by atoms with Gasteiger partial charge in [-0.2, -0.15) is 18.4 Å². The maximum absolute atomic E-state index is 13.6. The standard InChI is InChI=1S/C14H13F5N2O/c1-3-7(2)12(14(17,18)19)21-13(22)11-9(15)4-8(6-20)5-10(11)16/h4-5,7,12H,3H2,1-2H3,(H,21,22)/t7-,12-/m0/s1. The first kappa shape index (κ1) is 17.9. The van der Waals surface area contributed by atoms with Gasteiger partial charge in [-0.25, -0.2) is 8.78 Å². The Bertz CT molecular complexity index is 583. The van der Waals surface area contributed by atoms with Gasteiger partial charge in [-0.1, -0.05) is 20.3 Å². The summed E-state index contributed by atoms with van der Waals surface area (Å²) < 4.78 is 66.0. The number of rotatable bonds is 4. The fourth-order valence-electron chi connectivity index (χ4n) is 1.85. The average Bonchev–Trinajstić information content (AvgIpc) is 2.41. The topological polar surface area (TPSA) is 52.9 Å². The van der Waals surface area contributed by atoms with E-state index in [0.717, 1.165) is 0 Å². The van der Waals surface area contributed by atoms with Crippen molar-refractivity contribution >= 4 is 5.91 Å². The molecular formula is C14H13F5N2O. The fourth-order valence-corrected chi connectivity index (χ4v) is 1.85. The number of benzene rings is 1. The molecule has 0 radical (unpaired) electrons. The summed E-state index contributed by atoms with van der Waals surface area (Å²) in [6.45, 7) is 2.77. The van der Waals surface area contributed by atoms with Crippen LogP contribution in [0.3, 0.4) is 0 Å². The smallest absolute Gasteiger partial charge is 0.340 e. The van der Waals surface area contributed by atoms with Crippen molar-refractivity contribution in [1.29, 1.82) is 5.26 Å². The zero-order valence-corrected chi connectivity index (χ0v) is 11.8. The number of halogens is 5. The molecule has 8 heteroatoms. The molecule has 0 saturated carbocycles. The first-order valence-electron chi connectivity index (χ1n) is 6.38. The normalized spacial score (nSPS) is 14.1. The average molecular weight is 320 g/mol. The summed E-state index contributed by atoms with van der Waals surface area (Å²) in [5, 5.41) is 10.2. The zero-order chi connectivity index (χ0) is 17.1. The van der Waals surface area contributed by atoms with Crippen molar-refractivity contribution in [3.05, 3.63) is 34.9 Å².